The van der Waals surface area contributed by atoms with Gasteiger partial charge in [0.1, 0.15) is 12.4 Å². The van der Waals surface area contributed by atoms with Crippen LogP contribution in [-0.4, -0.2) is 48.1 Å². The van der Waals surface area contributed by atoms with Gasteiger partial charge in [-0.05, 0) is 46.5 Å². The number of fused-ring (bicyclic) bond motifs is 1. The number of esters is 1. The number of aromatic nitrogens is 6. The second-order valence-electron chi connectivity index (χ2n) is 8.13. The second kappa shape index (κ2) is 9.24. The summed E-state index contributed by atoms with van der Waals surface area (Å²) in [7, 11) is 0. The molecule has 0 bridgehead atoms. The van der Waals surface area contributed by atoms with E-state index in [1.54, 1.807) is 12.1 Å². The number of halogens is 2. The van der Waals surface area contributed by atoms with Gasteiger partial charge in [0.05, 0.1) is 21.8 Å². The second-order valence-corrected chi connectivity index (χ2v) is 9.60. The zero-order valence-electron chi connectivity index (χ0n) is 18.6. The van der Waals surface area contributed by atoms with Crippen LogP contribution in [0.1, 0.15) is 40.7 Å². The van der Waals surface area contributed by atoms with Gasteiger partial charge in [-0.1, -0.05) is 29.9 Å². The summed E-state index contributed by atoms with van der Waals surface area (Å²) in [4.78, 5) is 42.3. The van der Waals surface area contributed by atoms with Gasteiger partial charge in [-0.25, -0.2) is 14.2 Å². The first-order valence-corrected chi connectivity index (χ1v) is 11.8. The van der Waals surface area contributed by atoms with Gasteiger partial charge in [-0.2, -0.15) is 4.68 Å². The molecule has 2 N–H and O–H groups in total. The van der Waals surface area contributed by atoms with Crippen LogP contribution in [0.5, 0.6) is 0 Å². The van der Waals surface area contributed by atoms with Gasteiger partial charge in [0.2, 0.25) is 5.78 Å². The summed E-state index contributed by atoms with van der Waals surface area (Å²) >= 11 is 7.02. The highest BCUT2D eigenvalue weighted by atomic mass is 35.5. The molecule has 3 aromatic heterocycles. The van der Waals surface area contributed by atoms with Crippen LogP contribution >= 0.6 is 22.9 Å². The van der Waals surface area contributed by atoms with E-state index in [-0.39, 0.29) is 44.2 Å². The predicted molar refractivity (Wildman–Crippen MR) is 128 cm³/mol. The monoisotopic (exact) mass is 529 g/mol. The fourth-order valence-electron chi connectivity index (χ4n) is 4.22. The van der Waals surface area contributed by atoms with Crippen LogP contribution in [0.3, 0.4) is 0 Å². The van der Waals surface area contributed by atoms with E-state index >= 15 is 4.39 Å². The van der Waals surface area contributed by atoms with Crippen molar-refractivity contribution in [3.05, 3.63) is 68.6 Å². The molecule has 0 spiro atoms. The van der Waals surface area contributed by atoms with Gasteiger partial charge < -0.3 is 10.5 Å². The Morgan fingerprint density at radius 3 is 2.83 bits per heavy atom. The lowest BCUT2D eigenvalue weighted by molar-refractivity contribution is -0.146. The van der Waals surface area contributed by atoms with Gasteiger partial charge in [0, 0.05) is 17.3 Å². The normalized spacial score (nSPS) is 16.6. The summed E-state index contributed by atoms with van der Waals surface area (Å²) in [6.45, 7) is 1.33. The first-order chi connectivity index (χ1) is 17.2. The van der Waals surface area contributed by atoms with Crippen LogP contribution in [0.15, 0.2) is 41.6 Å². The number of anilines is 1. The average molecular weight is 530 g/mol. The number of carbonyl (C=O) groups excluding carboxylic acids is 2. The number of ether oxygens (including phenoxy) is 1. The standard InChI is InChI=1S/C22H17ClFN7O4S/c1-10-4-15(21(34)35-8-16(32)17-7-26-22(25)36-17)31-14(10)5-11(6-18(31)33)19-13(30-9-27-28-29-30)3-2-12(23)20(19)24/h2-3,5-7,9-10,15H,4,8H2,1H3,(H2,25,26)/t10-,15-/m1/s1. The number of benzene rings is 1. The number of nitrogen functional groups attached to an aromatic ring is 1. The smallest absolute Gasteiger partial charge is 0.329 e. The number of nitrogens with two attached hydrogens (primary N) is 1. The molecular formula is C22H17ClFN7O4S. The lowest BCUT2D eigenvalue weighted by atomic mass is 9.99. The molecule has 0 fully saturated rings. The maximum Gasteiger partial charge on any atom is 0.329 e. The third kappa shape index (κ3) is 4.16. The number of carbonyl (C=O) groups is 2. The van der Waals surface area contributed by atoms with Crippen LogP contribution in [0, 0.1) is 5.82 Å². The quantitative estimate of drug-likeness (QED) is 0.294. The van der Waals surface area contributed by atoms with Gasteiger partial charge in [0.25, 0.3) is 5.56 Å². The molecule has 184 valence electrons. The summed E-state index contributed by atoms with van der Waals surface area (Å²) < 4.78 is 23.0. The van der Waals surface area contributed by atoms with E-state index in [2.05, 4.69) is 20.5 Å². The lowest BCUT2D eigenvalue weighted by Crippen LogP contribution is -2.29. The Hall–Kier alpha value is -3.97. The van der Waals surface area contributed by atoms with E-state index < -0.39 is 35.8 Å². The number of pyridine rings is 1. The van der Waals surface area contributed by atoms with Gasteiger partial charge >= 0.3 is 5.97 Å². The Bertz CT molecular complexity index is 1550. The Morgan fingerprint density at radius 2 is 2.14 bits per heavy atom. The summed E-state index contributed by atoms with van der Waals surface area (Å²) in [5.74, 6) is -2.13. The molecule has 1 aromatic carbocycles. The van der Waals surface area contributed by atoms with Crippen molar-refractivity contribution < 1.29 is 18.7 Å². The number of nitrogens with zero attached hydrogens (tertiary/aromatic N) is 6. The van der Waals surface area contributed by atoms with Gasteiger partial charge in [0.15, 0.2) is 17.6 Å². The molecule has 1 aliphatic heterocycles. The molecule has 0 unspecified atom stereocenters. The number of rotatable bonds is 6. The molecule has 0 aliphatic carbocycles. The molecule has 1 aliphatic rings. The van der Waals surface area contributed by atoms with Crippen molar-refractivity contribution in [2.45, 2.75) is 25.3 Å². The van der Waals surface area contributed by atoms with Crippen LogP contribution in [0.4, 0.5) is 9.52 Å². The van der Waals surface area contributed by atoms with E-state index in [0.717, 1.165) is 11.3 Å². The van der Waals surface area contributed by atoms with Crippen molar-refractivity contribution >= 4 is 39.8 Å². The SMILES string of the molecule is C[C@@H]1C[C@H](C(=O)OCC(=O)c2cnc(N)s2)n2c1cc(-c1c(-n3cnnn3)ccc(Cl)c1F)cc2=O. The number of tetrazole rings is 1. The highest BCUT2D eigenvalue weighted by Gasteiger charge is 2.36. The van der Waals surface area contributed by atoms with E-state index in [1.165, 1.54) is 33.9 Å². The Balaban J connectivity index is 1.47. The van der Waals surface area contributed by atoms with Gasteiger partial charge in [-0.3, -0.25) is 14.2 Å². The maximum atomic E-state index is 15.2. The Morgan fingerprint density at radius 1 is 1.33 bits per heavy atom. The van der Waals surface area contributed by atoms with E-state index in [1.807, 2.05) is 6.92 Å². The van der Waals surface area contributed by atoms with Crippen molar-refractivity contribution in [3.63, 3.8) is 0 Å². The summed E-state index contributed by atoms with van der Waals surface area (Å²) in [6.07, 6.45) is 2.88. The highest BCUT2D eigenvalue weighted by Crippen LogP contribution is 2.39. The third-order valence-corrected chi connectivity index (χ3v) is 7.02. The maximum absolute atomic E-state index is 15.2. The van der Waals surface area contributed by atoms with Crippen LogP contribution < -0.4 is 11.3 Å². The first kappa shape index (κ1) is 23.8. The fourth-order valence-corrected chi connectivity index (χ4v) is 4.99. The van der Waals surface area contributed by atoms with E-state index in [9.17, 15) is 14.4 Å². The largest absolute Gasteiger partial charge is 0.456 e. The number of Topliss-reactive ketones (excluding diaryl/α,β-unsaturated/α-hetero) is 1. The zero-order chi connectivity index (χ0) is 25.6. The number of hydrogen-bond donors (Lipinski definition) is 1. The van der Waals surface area contributed by atoms with Crippen molar-refractivity contribution in [3.8, 4) is 16.8 Å². The average Bonchev–Trinajstić information content (AvgIpc) is 3.60. The molecule has 2 atom stereocenters. The van der Waals surface area contributed by atoms with Crippen LogP contribution in [0.25, 0.3) is 16.8 Å². The van der Waals surface area contributed by atoms with Crippen LogP contribution in [-0.2, 0) is 9.53 Å². The molecule has 0 radical (unpaired) electrons. The predicted octanol–water partition coefficient (Wildman–Crippen LogP) is 2.80. The molecule has 0 saturated carbocycles. The Labute approximate surface area is 211 Å². The molecule has 36 heavy (non-hydrogen) atoms. The molecular weight excluding hydrogens is 513 g/mol. The van der Waals surface area contributed by atoms with Gasteiger partial charge in [-0.15, -0.1) is 5.10 Å². The number of hydrogen-bond acceptors (Lipinski definition) is 10. The lowest BCUT2D eigenvalue weighted by Gasteiger charge is -2.16. The molecule has 0 amide bonds. The molecule has 0 saturated heterocycles. The fraction of sp³-hybridized carbons (Fsp3) is 0.227. The Kier molecular flexibility index (Phi) is 6.10. The summed E-state index contributed by atoms with van der Waals surface area (Å²) in [5, 5.41) is 11.1. The molecule has 4 heterocycles. The zero-order valence-corrected chi connectivity index (χ0v) is 20.2. The molecule has 14 heteroatoms. The van der Waals surface area contributed by atoms with E-state index in [0.29, 0.717) is 5.69 Å². The molecule has 11 nitrogen and oxygen atoms in total. The van der Waals surface area contributed by atoms with E-state index in [4.69, 9.17) is 22.1 Å². The van der Waals surface area contributed by atoms with Crippen LogP contribution in [0.2, 0.25) is 5.02 Å². The highest BCUT2D eigenvalue weighted by molar-refractivity contribution is 7.17. The summed E-state index contributed by atoms with van der Waals surface area (Å²) in [6, 6.07) is 4.83. The third-order valence-electron chi connectivity index (χ3n) is 5.86. The molecule has 4 aromatic rings. The topological polar surface area (TPSA) is 148 Å². The van der Waals surface area contributed by atoms with Crippen molar-refractivity contribution in [1.82, 2.24) is 29.8 Å². The van der Waals surface area contributed by atoms with Crippen molar-refractivity contribution in [1.29, 1.82) is 0 Å². The minimum Gasteiger partial charge on any atom is -0.456 e. The molecule has 5 rings (SSSR count). The first-order valence-electron chi connectivity index (χ1n) is 10.6. The summed E-state index contributed by atoms with van der Waals surface area (Å²) in [5.41, 5.74) is 6.11. The number of ketones is 1. The van der Waals surface area contributed by atoms with Crippen molar-refractivity contribution in [2.75, 3.05) is 12.3 Å². The minimum absolute atomic E-state index is 0.0444. The number of thiazole rings is 1. The minimum atomic E-state index is -0.931. The van der Waals surface area contributed by atoms with Crippen molar-refractivity contribution in [2.24, 2.45) is 0 Å².